The van der Waals surface area contributed by atoms with E-state index in [2.05, 4.69) is 43.6 Å². The molecule has 0 spiro atoms. The molecular weight excluding hydrogens is 461 g/mol. The fourth-order valence-corrected chi connectivity index (χ4v) is 4.58. The van der Waals surface area contributed by atoms with Crippen molar-refractivity contribution < 1.29 is 8.78 Å². The first kappa shape index (κ1) is 29.7. The molecule has 1 aliphatic heterocycles. The third-order valence-corrected chi connectivity index (χ3v) is 7.10. The van der Waals surface area contributed by atoms with Gasteiger partial charge in [-0.1, -0.05) is 61.9 Å². The number of aromatic nitrogens is 2. The maximum absolute atomic E-state index is 13.4. The van der Waals surface area contributed by atoms with Gasteiger partial charge in [-0.15, -0.1) is 0 Å². The molecule has 1 fully saturated rings. The predicted molar refractivity (Wildman–Crippen MR) is 149 cm³/mol. The first-order valence-corrected chi connectivity index (χ1v) is 14.1. The Hall–Kier alpha value is -1.52. The zero-order valence-electron chi connectivity index (χ0n) is 22.6. The van der Waals surface area contributed by atoms with Crippen molar-refractivity contribution in [3.8, 4) is 5.69 Å². The van der Waals surface area contributed by atoms with E-state index in [1.54, 1.807) is 21.4 Å². The highest BCUT2D eigenvalue weighted by Gasteiger charge is 2.24. The molecule has 0 amide bonds. The van der Waals surface area contributed by atoms with Gasteiger partial charge in [-0.25, -0.2) is 4.68 Å². The maximum Gasteiger partial charge on any atom is 0.283 e. The van der Waals surface area contributed by atoms with Crippen molar-refractivity contribution >= 4 is 15.1 Å². The summed E-state index contributed by atoms with van der Waals surface area (Å²) < 4.78 is 28.6. The first-order chi connectivity index (χ1) is 16.7. The number of aryl methyl sites for hydroxylation is 1. The Morgan fingerprint density at radius 2 is 1.69 bits per heavy atom. The molecule has 4 nitrogen and oxygen atoms in total. The molecule has 2 atom stereocenters. The van der Waals surface area contributed by atoms with Crippen LogP contribution >= 0.6 is 9.24 Å². The van der Waals surface area contributed by atoms with E-state index in [-0.39, 0.29) is 5.56 Å². The minimum absolute atomic E-state index is 0.0163. The zero-order chi connectivity index (χ0) is 25.8. The summed E-state index contributed by atoms with van der Waals surface area (Å²) in [5.74, 6) is 1.65. The Morgan fingerprint density at radius 1 is 1.03 bits per heavy atom. The summed E-state index contributed by atoms with van der Waals surface area (Å²) in [6, 6.07) is 8.37. The van der Waals surface area contributed by atoms with Crippen LogP contribution in [-0.2, 0) is 5.66 Å². The van der Waals surface area contributed by atoms with Crippen molar-refractivity contribution in [3.05, 3.63) is 41.6 Å². The van der Waals surface area contributed by atoms with E-state index in [0.29, 0.717) is 5.92 Å². The topological polar surface area (TPSA) is 24.3 Å². The minimum atomic E-state index is -2.91. The normalized spacial score (nSPS) is 15.4. The molecule has 0 bridgehead atoms. The summed E-state index contributed by atoms with van der Waals surface area (Å²) in [5.41, 5.74) is -1.13. The number of nitrogens with zero attached hydrogens (tertiary/aromatic N) is 4. The Labute approximate surface area is 214 Å². The second-order valence-electron chi connectivity index (χ2n) is 9.92. The summed E-state index contributed by atoms with van der Waals surface area (Å²) in [6.07, 6.45) is 9.02. The number of likely N-dealkylation sites (tertiary alicyclic amines) is 1. The summed E-state index contributed by atoms with van der Waals surface area (Å²) in [6.45, 7) is 16.9. The molecule has 35 heavy (non-hydrogen) atoms. The van der Waals surface area contributed by atoms with Crippen molar-refractivity contribution in [3.63, 3.8) is 0 Å². The maximum atomic E-state index is 13.4. The lowest BCUT2D eigenvalue weighted by molar-refractivity contribution is 0.104. The molecule has 1 aliphatic rings. The number of anilines is 1. The molecule has 0 N–H and O–H groups in total. The van der Waals surface area contributed by atoms with Gasteiger partial charge in [0.05, 0.1) is 5.69 Å². The number of alkyl halides is 2. The molecule has 0 radical (unpaired) electrons. The molecule has 7 heteroatoms. The number of benzene rings is 1. The highest BCUT2D eigenvalue weighted by Crippen LogP contribution is 2.35. The second-order valence-corrected chi connectivity index (χ2v) is 10.6. The Kier molecular flexibility index (Phi) is 12.6. The van der Waals surface area contributed by atoms with Crippen molar-refractivity contribution in [2.24, 2.45) is 5.92 Å². The van der Waals surface area contributed by atoms with E-state index < -0.39 is 5.66 Å². The summed E-state index contributed by atoms with van der Waals surface area (Å²) in [5, 5.41) is 4.74. The van der Waals surface area contributed by atoms with Crippen LogP contribution in [0.1, 0.15) is 83.9 Å². The van der Waals surface area contributed by atoms with Crippen molar-refractivity contribution in [1.29, 1.82) is 0 Å². The summed E-state index contributed by atoms with van der Waals surface area (Å²) >= 11 is 0. The number of rotatable bonds is 11. The van der Waals surface area contributed by atoms with Gasteiger partial charge in [0.15, 0.2) is 5.82 Å². The molecule has 2 heterocycles. The molecule has 0 saturated carbocycles. The number of piperidine rings is 1. The van der Waals surface area contributed by atoms with E-state index in [9.17, 15) is 8.78 Å². The average Bonchev–Trinajstić information content (AvgIpc) is 3.23. The van der Waals surface area contributed by atoms with Gasteiger partial charge < -0.3 is 9.80 Å². The standard InChI is InChI=1S/C20H30F2N3P.C8H17N/c1-5-12-24(13-11-15(3)6-2)19-14-16(4)25(23-19)18-9-7-17(8-10-18)20(21,22)26;1-2-6-9-7-4-3-5-8-9/h7-10,14-15H,5-6,11-13,26H2,1-4H3;2-8H2,1H3. The monoisotopic (exact) mass is 508 g/mol. The Balaban J connectivity index is 0.000000402. The molecule has 1 aromatic heterocycles. The van der Waals surface area contributed by atoms with Crippen LogP contribution in [0.5, 0.6) is 0 Å². The molecule has 3 rings (SSSR count). The Bertz CT molecular complexity index is 839. The minimum Gasteiger partial charge on any atom is -0.355 e. The van der Waals surface area contributed by atoms with Crippen LogP contribution in [0.25, 0.3) is 5.69 Å². The molecule has 198 valence electrons. The van der Waals surface area contributed by atoms with Crippen LogP contribution in [0.3, 0.4) is 0 Å². The number of hydrogen-bond acceptors (Lipinski definition) is 3. The fourth-order valence-electron chi connectivity index (χ4n) is 4.39. The van der Waals surface area contributed by atoms with Crippen LogP contribution in [0.15, 0.2) is 30.3 Å². The molecule has 1 saturated heterocycles. The largest absolute Gasteiger partial charge is 0.355 e. The van der Waals surface area contributed by atoms with Gasteiger partial charge in [0.25, 0.3) is 5.66 Å². The van der Waals surface area contributed by atoms with Gasteiger partial charge in [-0.3, -0.25) is 0 Å². The number of halogens is 2. The highest BCUT2D eigenvalue weighted by molar-refractivity contribution is 7.17. The smallest absolute Gasteiger partial charge is 0.283 e. The van der Waals surface area contributed by atoms with Gasteiger partial charge in [-0.2, -0.15) is 13.9 Å². The van der Waals surface area contributed by atoms with Crippen LogP contribution in [0.2, 0.25) is 0 Å². The molecular formula is C28H47F2N4P. The van der Waals surface area contributed by atoms with Gasteiger partial charge in [-0.05, 0) is 76.7 Å². The summed E-state index contributed by atoms with van der Waals surface area (Å²) in [7, 11) is 1.57. The molecule has 2 unspecified atom stereocenters. The lowest BCUT2D eigenvalue weighted by Crippen LogP contribution is -2.30. The van der Waals surface area contributed by atoms with Crippen LogP contribution in [-0.4, -0.2) is 47.4 Å². The fraction of sp³-hybridized carbons (Fsp3) is 0.679. The molecule has 1 aromatic carbocycles. The third-order valence-electron chi connectivity index (χ3n) is 6.77. The van der Waals surface area contributed by atoms with E-state index in [1.165, 1.54) is 63.9 Å². The van der Waals surface area contributed by atoms with Crippen molar-refractivity contribution in [2.45, 2.75) is 85.2 Å². The first-order valence-electron chi connectivity index (χ1n) is 13.5. The van der Waals surface area contributed by atoms with Crippen molar-refractivity contribution in [2.75, 3.05) is 37.6 Å². The van der Waals surface area contributed by atoms with Gasteiger partial charge >= 0.3 is 0 Å². The van der Waals surface area contributed by atoms with E-state index >= 15 is 0 Å². The van der Waals surface area contributed by atoms with Gasteiger partial charge in [0.2, 0.25) is 0 Å². The SMILES string of the molecule is CCCN(CCC(C)CC)c1cc(C)n(-c2ccc(C(F)(F)P)cc2)n1.CCCN1CCCCC1. The predicted octanol–water partition coefficient (Wildman–Crippen LogP) is 7.64. The third kappa shape index (κ3) is 9.80. The number of hydrogen-bond donors (Lipinski definition) is 0. The Morgan fingerprint density at radius 3 is 2.23 bits per heavy atom. The van der Waals surface area contributed by atoms with Crippen LogP contribution < -0.4 is 4.90 Å². The van der Waals surface area contributed by atoms with Gasteiger partial charge in [0, 0.05) is 30.4 Å². The van der Waals surface area contributed by atoms with E-state index in [1.807, 2.05) is 11.6 Å². The average molecular weight is 509 g/mol. The van der Waals surface area contributed by atoms with E-state index in [0.717, 1.165) is 43.1 Å². The van der Waals surface area contributed by atoms with Gasteiger partial charge in [0.1, 0.15) is 0 Å². The lowest BCUT2D eigenvalue weighted by Gasteiger charge is -2.25. The zero-order valence-corrected chi connectivity index (χ0v) is 23.7. The molecule has 2 aromatic rings. The van der Waals surface area contributed by atoms with Crippen molar-refractivity contribution in [1.82, 2.24) is 14.7 Å². The lowest BCUT2D eigenvalue weighted by atomic mass is 10.1. The van der Waals surface area contributed by atoms with Crippen LogP contribution in [0.4, 0.5) is 14.6 Å². The quantitative estimate of drug-likeness (QED) is 0.292. The van der Waals surface area contributed by atoms with Crippen LogP contribution in [0, 0.1) is 12.8 Å². The summed E-state index contributed by atoms with van der Waals surface area (Å²) in [4.78, 5) is 4.89. The highest BCUT2D eigenvalue weighted by atomic mass is 31.0. The molecule has 0 aliphatic carbocycles. The second kappa shape index (κ2) is 14.9. The van der Waals surface area contributed by atoms with E-state index in [4.69, 9.17) is 5.10 Å².